The van der Waals surface area contributed by atoms with E-state index in [4.69, 9.17) is 5.26 Å². The van der Waals surface area contributed by atoms with Crippen molar-refractivity contribution in [2.24, 2.45) is 5.41 Å². The quantitative estimate of drug-likeness (QED) is 0.844. The van der Waals surface area contributed by atoms with Crippen LogP contribution in [0.1, 0.15) is 43.1 Å². The Balaban J connectivity index is 3.19. The van der Waals surface area contributed by atoms with E-state index in [9.17, 15) is 5.11 Å². The van der Waals surface area contributed by atoms with Gasteiger partial charge in [-0.3, -0.25) is 0 Å². The molecule has 0 amide bonds. The Kier molecular flexibility index (Phi) is 3.72. The van der Waals surface area contributed by atoms with Crippen LogP contribution in [0.25, 0.3) is 0 Å². The third-order valence-electron chi connectivity index (χ3n) is 3.32. The van der Waals surface area contributed by atoms with Crippen LogP contribution in [-0.2, 0) is 0 Å². The summed E-state index contributed by atoms with van der Waals surface area (Å²) in [5, 5.41) is 19.5. The second kappa shape index (κ2) is 4.67. The Bertz CT molecular complexity index is 419. The van der Waals surface area contributed by atoms with Crippen LogP contribution in [0.15, 0.2) is 18.2 Å². The lowest BCUT2D eigenvalue weighted by molar-refractivity contribution is 0.0716. The summed E-state index contributed by atoms with van der Waals surface area (Å²) >= 11 is 0. The Labute approximate surface area is 97.5 Å². The van der Waals surface area contributed by atoms with Crippen molar-refractivity contribution in [2.45, 2.75) is 40.2 Å². The van der Waals surface area contributed by atoms with Crippen LogP contribution in [-0.4, -0.2) is 5.11 Å². The van der Waals surface area contributed by atoms with Gasteiger partial charge in [0.15, 0.2) is 0 Å². The van der Waals surface area contributed by atoms with E-state index in [-0.39, 0.29) is 0 Å². The molecule has 1 rings (SSSR count). The molecule has 1 aromatic carbocycles. The highest BCUT2D eigenvalue weighted by Gasteiger charge is 2.33. The maximum atomic E-state index is 10.3. The monoisotopic (exact) mass is 217 g/mol. The SMILES string of the molecule is CCC(C)(C#N)C(O)c1cc(C)ccc1C. The number of benzene rings is 1. The number of aliphatic hydroxyl groups excluding tert-OH is 1. The highest BCUT2D eigenvalue weighted by molar-refractivity contribution is 5.34. The van der Waals surface area contributed by atoms with Gasteiger partial charge in [0.05, 0.1) is 17.6 Å². The zero-order chi connectivity index (χ0) is 12.3. The van der Waals surface area contributed by atoms with Gasteiger partial charge in [-0.2, -0.15) is 5.26 Å². The average molecular weight is 217 g/mol. The summed E-state index contributed by atoms with van der Waals surface area (Å²) in [4.78, 5) is 0. The van der Waals surface area contributed by atoms with Gasteiger partial charge < -0.3 is 5.11 Å². The van der Waals surface area contributed by atoms with Crippen molar-refractivity contribution in [3.63, 3.8) is 0 Å². The number of nitriles is 1. The van der Waals surface area contributed by atoms with Crippen LogP contribution < -0.4 is 0 Å². The van der Waals surface area contributed by atoms with Crippen LogP contribution >= 0.6 is 0 Å². The lowest BCUT2D eigenvalue weighted by Crippen LogP contribution is -2.23. The van der Waals surface area contributed by atoms with E-state index in [1.165, 1.54) is 0 Å². The van der Waals surface area contributed by atoms with E-state index in [1.54, 1.807) is 6.92 Å². The van der Waals surface area contributed by atoms with E-state index in [1.807, 2.05) is 39.0 Å². The molecule has 2 atom stereocenters. The molecule has 0 aromatic heterocycles. The largest absolute Gasteiger partial charge is 0.387 e. The predicted molar refractivity (Wildman–Crippen MR) is 64.9 cm³/mol. The summed E-state index contributed by atoms with van der Waals surface area (Å²) in [6, 6.07) is 8.19. The minimum absolute atomic E-state index is 0.637. The molecule has 0 aliphatic carbocycles. The van der Waals surface area contributed by atoms with Crippen LogP contribution in [0.5, 0.6) is 0 Å². The topological polar surface area (TPSA) is 44.0 Å². The fourth-order valence-corrected chi connectivity index (χ4v) is 1.73. The Hall–Kier alpha value is -1.33. The molecule has 16 heavy (non-hydrogen) atoms. The first kappa shape index (κ1) is 12.7. The van der Waals surface area contributed by atoms with Crippen LogP contribution in [0.4, 0.5) is 0 Å². The zero-order valence-corrected chi connectivity index (χ0v) is 10.4. The smallest absolute Gasteiger partial charge is 0.0976 e. The second-order valence-electron chi connectivity index (χ2n) is 4.65. The molecular weight excluding hydrogens is 198 g/mol. The number of aryl methyl sites for hydroxylation is 2. The molecule has 0 aliphatic rings. The molecule has 1 N–H and O–H groups in total. The van der Waals surface area contributed by atoms with Crippen molar-refractivity contribution in [2.75, 3.05) is 0 Å². The zero-order valence-electron chi connectivity index (χ0n) is 10.4. The standard InChI is InChI=1S/C14H19NO/c1-5-14(4,9-15)13(16)12-8-10(2)6-7-11(12)3/h6-8,13,16H,5H2,1-4H3. The Morgan fingerprint density at radius 1 is 1.44 bits per heavy atom. The minimum Gasteiger partial charge on any atom is -0.387 e. The van der Waals surface area contributed by atoms with Crippen molar-refractivity contribution in [3.8, 4) is 6.07 Å². The molecule has 2 heteroatoms. The van der Waals surface area contributed by atoms with Crippen molar-refractivity contribution < 1.29 is 5.11 Å². The first-order chi connectivity index (χ1) is 7.44. The molecule has 0 fully saturated rings. The predicted octanol–water partition coefficient (Wildman–Crippen LogP) is 3.28. The van der Waals surface area contributed by atoms with Gasteiger partial charge in [0, 0.05) is 0 Å². The molecule has 86 valence electrons. The van der Waals surface area contributed by atoms with Gasteiger partial charge in [0.1, 0.15) is 0 Å². The molecule has 2 nitrogen and oxygen atoms in total. The molecule has 0 heterocycles. The molecule has 0 saturated carbocycles. The van der Waals surface area contributed by atoms with Crippen LogP contribution in [0, 0.1) is 30.6 Å². The van der Waals surface area contributed by atoms with Crippen molar-refractivity contribution >= 4 is 0 Å². The normalized spacial score (nSPS) is 16.2. The summed E-state index contributed by atoms with van der Waals surface area (Å²) < 4.78 is 0. The summed E-state index contributed by atoms with van der Waals surface area (Å²) in [6.45, 7) is 7.69. The third-order valence-corrected chi connectivity index (χ3v) is 3.32. The van der Waals surface area contributed by atoms with Gasteiger partial charge in [-0.25, -0.2) is 0 Å². The maximum absolute atomic E-state index is 10.3. The molecule has 1 aromatic rings. The van der Waals surface area contributed by atoms with Crippen LogP contribution in [0.2, 0.25) is 0 Å². The summed E-state index contributed by atoms with van der Waals surface area (Å²) in [6.07, 6.45) is -0.0830. The van der Waals surface area contributed by atoms with E-state index in [0.29, 0.717) is 6.42 Å². The van der Waals surface area contributed by atoms with Crippen LogP contribution in [0.3, 0.4) is 0 Å². The average Bonchev–Trinajstić information content (AvgIpc) is 2.30. The third kappa shape index (κ3) is 2.25. The van der Waals surface area contributed by atoms with Crippen molar-refractivity contribution in [3.05, 3.63) is 34.9 Å². The highest BCUT2D eigenvalue weighted by Crippen LogP contribution is 2.37. The molecule has 0 spiro atoms. The molecule has 0 aliphatic heterocycles. The maximum Gasteiger partial charge on any atom is 0.0976 e. The number of hydrogen-bond acceptors (Lipinski definition) is 2. The minimum atomic E-state index is -0.720. The molecular formula is C14H19NO. The van der Waals surface area contributed by atoms with E-state index < -0.39 is 11.5 Å². The number of hydrogen-bond donors (Lipinski definition) is 1. The number of rotatable bonds is 3. The first-order valence-corrected chi connectivity index (χ1v) is 5.61. The van der Waals surface area contributed by atoms with Gasteiger partial charge in [-0.15, -0.1) is 0 Å². The molecule has 0 saturated heterocycles. The molecule has 0 bridgehead atoms. The lowest BCUT2D eigenvalue weighted by atomic mass is 9.78. The van der Waals surface area contributed by atoms with Crippen molar-refractivity contribution in [1.29, 1.82) is 5.26 Å². The fraction of sp³-hybridized carbons (Fsp3) is 0.500. The summed E-state index contributed by atoms with van der Waals surface area (Å²) in [5.74, 6) is 0. The lowest BCUT2D eigenvalue weighted by Gasteiger charge is -2.27. The summed E-state index contributed by atoms with van der Waals surface area (Å²) in [7, 11) is 0. The van der Waals surface area contributed by atoms with Gasteiger partial charge in [0.25, 0.3) is 0 Å². The van der Waals surface area contributed by atoms with Crippen molar-refractivity contribution in [1.82, 2.24) is 0 Å². The second-order valence-corrected chi connectivity index (χ2v) is 4.65. The fourth-order valence-electron chi connectivity index (χ4n) is 1.73. The first-order valence-electron chi connectivity index (χ1n) is 5.61. The Morgan fingerprint density at radius 2 is 2.06 bits per heavy atom. The molecule has 0 radical (unpaired) electrons. The van der Waals surface area contributed by atoms with Gasteiger partial charge in [-0.1, -0.05) is 30.7 Å². The number of aliphatic hydroxyl groups is 1. The highest BCUT2D eigenvalue weighted by atomic mass is 16.3. The number of nitrogens with zero attached hydrogens (tertiary/aromatic N) is 1. The van der Waals surface area contributed by atoms with E-state index >= 15 is 0 Å². The van der Waals surface area contributed by atoms with E-state index in [2.05, 4.69) is 6.07 Å². The van der Waals surface area contributed by atoms with Gasteiger partial charge in [-0.05, 0) is 38.3 Å². The molecule has 2 unspecified atom stereocenters. The summed E-state index contributed by atoms with van der Waals surface area (Å²) in [5.41, 5.74) is 2.30. The van der Waals surface area contributed by atoms with E-state index in [0.717, 1.165) is 16.7 Å². The van der Waals surface area contributed by atoms with Gasteiger partial charge >= 0.3 is 0 Å². The van der Waals surface area contributed by atoms with Gasteiger partial charge in [0.2, 0.25) is 0 Å². The Morgan fingerprint density at radius 3 is 2.56 bits per heavy atom.